The van der Waals surface area contributed by atoms with Crippen molar-refractivity contribution in [2.75, 3.05) is 4.90 Å². The molecule has 2 unspecified atom stereocenters. The summed E-state index contributed by atoms with van der Waals surface area (Å²) in [6, 6.07) is 97.0. The van der Waals surface area contributed by atoms with E-state index in [0.717, 1.165) is 23.5 Å². The van der Waals surface area contributed by atoms with Crippen molar-refractivity contribution < 1.29 is 0 Å². The van der Waals surface area contributed by atoms with Crippen LogP contribution in [0.25, 0.3) is 55.6 Å². The van der Waals surface area contributed by atoms with E-state index in [4.69, 9.17) is 0 Å². The molecule has 0 aliphatic carbocycles. The Bertz CT molecular complexity index is 2950. The van der Waals surface area contributed by atoms with Gasteiger partial charge < -0.3 is 4.90 Å². The molecule has 0 radical (unpaired) electrons. The van der Waals surface area contributed by atoms with Crippen molar-refractivity contribution >= 4 is 17.1 Å². The molecule has 2 atom stereocenters. The summed E-state index contributed by atoms with van der Waals surface area (Å²) in [6.07, 6.45) is 0.949. The predicted molar refractivity (Wildman–Crippen MR) is 276 cm³/mol. The van der Waals surface area contributed by atoms with Gasteiger partial charge in [-0.05, 0) is 127 Å². The van der Waals surface area contributed by atoms with Crippen LogP contribution in [0, 0.1) is 0 Å². The predicted octanol–water partition coefficient (Wildman–Crippen LogP) is 17.6. The molecule has 1 heteroatoms. The zero-order chi connectivity index (χ0) is 43.8. The van der Waals surface area contributed by atoms with Gasteiger partial charge >= 0.3 is 0 Å². The zero-order valence-electron chi connectivity index (χ0n) is 36.7. The summed E-state index contributed by atoms with van der Waals surface area (Å²) in [6.45, 7) is 2.39. The summed E-state index contributed by atoms with van der Waals surface area (Å²) < 4.78 is 0. The van der Waals surface area contributed by atoms with E-state index in [2.05, 4.69) is 279 Å². The molecule has 0 fully saturated rings. The topological polar surface area (TPSA) is 3.24 Å². The quantitative estimate of drug-likeness (QED) is 0.112. The van der Waals surface area contributed by atoms with Crippen molar-refractivity contribution in [3.05, 3.63) is 284 Å². The lowest BCUT2D eigenvalue weighted by Gasteiger charge is -2.26. The first-order valence-electron chi connectivity index (χ1n) is 22.7. The standard InChI is InChI=1S/C64H51N/c1-47(64(60-32-30-55(31-33-60)51-16-8-3-9-17-51)46-48-22-24-54(25-23-48)50-14-6-2-7-15-50)49-26-28-56(29-27-49)59-38-44-63(45-39-59)65(61-40-34-57(35-41-61)52-18-10-4-11-19-52)62-42-36-58(37-43-62)53-20-12-5-13-21-53/h2-45,47,64H,46H2,1H3. The lowest BCUT2D eigenvalue weighted by molar-refractivity contribution is 0.572. The molecule has 0 bridgehead atoms. The van der Waals surface area contributed by atoms with E-state index < -0.39 is 0 Å². The highest BCUT2D eigenvalue weighted by molar-refractivity contribution is 5.81. The van der Waals surface area contributed by atoms with Crippen LogP contribution in [0.15, 0.2) is 267 Å². The Balaban J connectivity index is 0.919. The average molecular weight is 834 g/mol. The van der Waals surface area contributed by atoms with Gasteiger partial charge in [-0.25, -0.2) is 0 Å². The van der Waals surface area contributed by atoms with E-state index in [1.807, 2.05) is 0 Å². The zero-order valence-corrected chi connectivity index (χ0v) is 36.7. The van der Waals surface area contributed by atoms with Crippen LogP contribution >= 0.6 is 0 Å². The summed E-state index contributed by atoms with van der Waals surface area (Å²) in [5.74, 6) is 0.583. The summed E-state index contributed by atoms with van der Waals surface area (Å²) >= 11 is 0. The van der Waals surface area contributed by atoms with Crippen LogP contribution in [0.5, 0.6) is 0 Å². The average Bonchev–Trinajstić information content (AvgIpc) is 3.40. The van der Waals surface area contributed by atoms with E-state index in [1.54, 1.807) is 0 Å². The Kier molecular flexibility index (Phi) is 12.1. The van der Waals surface area contributed by atoms with Crippen LogP contribution in [0.1, 0.15) is 35.4 Å². The summed E-state index contributed by atoms with van der Waals surface area (Å²) in [5, 5.41) is 0. The van der Waals surface area contributed by atoms with E-state index in [0.29, 0.717) is 5.92 Å². The maximum absolute atomic E-state index is 2.39. The van der Waals surface area contributed by atoms with Gasteiger partial charge in [0, 0.05) is 17.1 Å². The van der Waals surface area contributed by atoms with Gasteiger partial charge in [-0.2, -0.15) is 0 Å². The van der Waals surface area contributed by atoms with Crippen LogP contribution in [-0.2, 0) is 6.42 Å². The van der Waals surface area contributed by atoms with E-state index in [1.165, 1.54) is 72.3 Å². The first-order valence-corrected chi connectivity index (χ1v) is 22.7. The second-order valence-electron chi connectivity index (χ2n) is 17.0. The minimum Gasteiger partial charge on any atom is -0.311 e. The van der Waals surface area contributed by atoms with E-state index in [-0.39, 0.29) is 5.92 Å². The molecule has 0 saturated carbocycles. The van der Waals surface area contributed by atoms with Crippen LogP contribution < -0.4 is 4.90 Å². The van der Waals surface area contributed by atoms with E-state index in [9.17, 15) is 0 Å². The molecular formula is C64H51N. The van der Waals surface area contributed by atoms with Crippen molar-refractivity contribution in [3.8, 4) is 55.6 Å². The molecule has 0 spiro atoms. The molecule has 10 aromatic rings. The fraction of sp³-hybridized carbons (Fsp3) is 0.0625. The third kappa shape index (κ3) is 9.37. The summed E-state index contributed by atoms with van der Waals surface area (Å²) in [4.78, 5) is 2.35. The van der Waals surface area contributed by atoms with Gasteiger partial charge in [0.25, 0.3) is 0 Å². The second kappa shape index (κ2) is 19.2. The highest BCUT2D eigenvalue weighted by Gasteiger charge is 2.22. The highest BCUT2D eigenvalue weighted by Crippen LogP contribution is 2.40. The Hall–Kier alpha value is -8.00. The minimum absolute atomic E-state index is 0.290. The van der Waals surface area contributed by atoms with Gasteiger partial charge in [0.15, 0.2) is 0 Å². The van der Waals surface area contributed by atoms with Crippen LogP contribution in [0.2, 0.25) is 0 Å². The lowest BCUT2D eigenvalue weighted by atomic mass is 9.78. The van der Waals surface area contributed by atoms with Gasteiger partial charge in [-0.15, -0.1) is 0 Å². The minimum atomic E-state index is 0.290. The van der Waals surface area contributed by atoms with Crippen molar-refractivity contribution in [1.82, 2.24) is 0 Å². The molecule has 0 N–H and O–H groups in total. The number of anilines is 3. The van der Waals surface area contributed by atoms with Crippen LogP contribution in [0.3, 0.4) is 0 Å². The monoisotopic (exact) mass is 833 g/mol. The number of benzene rings is 10. The molecular weight excluding hydrogens is 783 g/mol. The summed E-state index contributed by atoms with van der Waals surface area (Å²) in [7, 11) is 0. The normalized spacial score (nSPS) is 12.0. The van der Waals surface area contributed by atoms with Gasteiger partial charge in [0.1, 0.15) is 0 Å². The van der Waals surface area contributed by atoms with Gasteiger partial charge in [0.05, 0.1) is 0 Å². The molecule has 0 heterocycles. The van der Waals surface area contributed by atoms with Gasteiger partial charge in [-0.1, -0.05) is 237 Å². The number of hydrogen-bond donors (Lipinski definition) is 0. The third-order valence-corrected chi connectivity index (χ3v) is 12.9. The molecule has 0 aliphatic rings. The molecule has 0 aliphatic heterocycles. The molecule has 10 rings (SSSR count). The second-order valence-corrected chi connectivity index (χ2v) is 17.0. The maximum atomic E-state index is 2.39. The molecule has 65 heavy (non-hydrogen) atoms. The largest absolute Gasteiger partial charge is 0.311 e. The molecule has 0 amide bonds. The first kappa shape index (κ1) is 41.0. The Morgan fingerprint density at radius 1 is 0.262 bits per heavy atom. The first-order chi connectivity index (χ1) is 32.1. The number of hydrogen-bond acceptors (Lipinski definition) is 1. The van der Waals surface area contributed by atoms with Gasteiger partial charge in [0.2, 0.25) is 0 Å². The smallest absolute Gasteiger partial charge is 0.0462 e. The SMILES string of the molecule is CC(c1ccc(-c2ccc(N(c3ccc(-c4ccccc4)cc3)c3ccc(-c4ccccc4)cc3)cc2)cc1)C(Cc1ccc(-c2ccccc2)cc1)c1ccc(-c2ccccc2)cc1. The Labute approximate surface area is 384 Å². The maximum Gasteiger partial charge on any atom is 0.0462 e. The molecule has 0 saturated heterocycles. The van der Waals surface area contributed by atoms with Crippen molar-refractivity contribution in [2.45, 2.75) is 25.2 Å². The lowest BCUT2D eigenvalue weighted by Crippen LogP contribution is -2.12. The fourth-order valence-corrected chi connectivity index (χ4v) is 9.18. The molecule has 312 valence electrons. The summed E-state index contributed by atoms with van der Waals surface area (Å²) in [5.41, 5.74) is 19.6. The molecule has 10 aromatic carbocycles. The van der Waals surface area contributed by atoms with E-state index >= 15 is 0 Å². The third-order valence-electron chi connectivity index (χ3n) is 12.9. The van der Waals surface area contributed by atoms with Crippen molar-refractivity contribution in [2.24, 2.45) is 0 Å². The van der Waals surface area contributed by atoms with Crippen molar-refractivity contribution in [3.63, 3.8) is 0 Å². The fourth-order valence-electron chi connectivity index (χ4n) is 9.18. The van der Waals surface area contributed by atoms with Crippen molar-refractivity contribution in [1.29, 1.82) is 0 Å². The number of nitrogens with zero attached hydrogens (tertiary/aromatic N) is 1. The Morgan fingerprint density at radius 3 is 0.815 bits per heavy atom. The van der Waals surface area contributed by atoms with Gasteiger partial charge in [-0.3, -0.25) is 0 Å². The van der Waals surface area contributed by atoms with Crippen LogP contribution in [-0.4, -0.2) is 0 Å². The number of rotatable bonds is 13. The molecule has 0 aromatic heterocycles. The van der Waals surface area contributed by atoms with Crippen LogP contribution in [0.4, 0.5) is 17.1 Å². The highest BCUT2D eigenvalue weighted by atomic mass is 15.1. The Morgan fingerprint density at radius 2 is 0.508 bits per heavy atom. The molecule has 1 nitrogen and oxygen atoms in total.